The van der Waals surface area contributed by atoms with Crippen LogP contribution in [0.2, 0.25) is 4.34 Å². The average Bonchev–Trinajstić information content (AvgIpc) is 3.14. The van der Waals surface area contributed by atoms with E-state index in [1.54, 1.807) is 0 Å². The summed E-state index contributed by atoms with van der Waals surface area (Å²) >= 11 is 8.17. The number of unbranched alkanes of at least 4 members (excludes halogenated alkanes) is 1. The van der Waals surface area contributed by atoms with Gasteiger partial charge in [0.05, 0.1) is 4.34 Å². The molecule has 0 spiro atoms. The van der Waals surface area contributed by atoms with Gasteiger partial charge < -0.3 is 10.6 Å². The third kappa shape index (κ3) is 7.17. The summed E-state index contributed by atoms with van der Waals surface area (Å²) in [5, 5.41) is 7.20. The highest BCUT2D eigenvalue weighted by Crippen LogP contribution is 2.41. The first kappa shape index (κ1) is 27.4. The fourth-order valence-corrected chi connectivity index (χ4v) is 6.04. The monoisotopic (exact) mass is 520 g/mol. The molecule has 2 amide bonds. The number of hydrogen-bond donors (Lipinski definition) is 2. The summed E-state index contributed by atoms with van der Waals surface area (Å²) in [4.78, 5) is 13.1. The van der Waals surface area contributed by atoms with Crippen molar-refractivity contribution in [2.45, 2.75) is 77.6 Å². The van der Waals surface area contributed by atoms with Crippen LogP contribution in [-0.4, -0.2) is 19.0 Å². The van der Waals surface area contributed by atoms with Crippen molar-refractivity contribution in [2.75, 3.05) is 11.9 Å². The number of carbonyl (C=O) groups excluding carboxylic acids is 1. The van der Waals surface area contributed by atoms with Gasteiger partial charge in [0.2, 0.25) is 6.43 Å². The van der Waals surface area contributed by atoms with Gasteiger partial charge in [0.25, 0.3) is 0 Å². The SMILES string of the molecule is CC(C)c1cccc(C(C)C)c1NC(=O)NCC(CCCCC(F)F)c1c(Cl)sc2ccccc12. The first-order valence-corrected chi connectivity index (χ1v) is 13.5. The van der Waals surface area contributed by atoms with Gasteiger partial charge in [-0.05, 0) is 52.8 Å². The summed E-state index contributed by atoms with van der Waals surface area (Å²) in [6, 6.07) is 13.9. The summed E-state index contributed by atoms with van der Waals surface area (Å²) in [5.41, 5.74) is 4.06. The van der Waals surface area contributed by atoms with E-state index >= 15 is 0 Å². The molecule has 7 heteroatoms. The average molecular weight is 521 g/mol. The lowest BCUT2D eigenvalue weighted by Gasteiger charge is -2.22. The van der Waals surface area contributed by atoms with Gasteiger partial charge in [-0.3, -0.25) is 0 Å². The van der Waals surface area contributed by atoms with E-state index in [4.69, 9.17) is 11.6 Å². The molecule has 0 saturated carbocycles. The number of hydrogen-bond acceptors (Lipinski definition) is 2. The van der Waals surface area contributed by atoms with Crippen LogP contribution < -0.4 is 10.6 Å². The van der Waals surface area contributed by atoms with Crippen LogP contribution in [0.25, 0.3) is 10.1 Å². The zero-order valence-electron chi connectivity index (χ0n) is 20.8. The molecule has 0 fully saturated rings. The molecular weight excluding hydrogens is 486 g/mol. The second-order valence-corrected chi connectivity index (χ2v) is 11.3. The number of rotatable bonds is 11. The van der Waals surface area contributed by atoms with E-state index in [-0.39, 0.29) is 30.2 Å². The molecule has 1 aromatic heterocycles. The highest BCUT2D eigenvalue weighted by molar-refractivity contribution is 7.23. The van der Waals surface area contributed by atoms with Crippen LogP contribution in [0.1, 0.15) is 87.8 Å². The Bertz CT molecular complexity index is 1100. The van der Waals surface area contributed by atoms with Gasteiger partial charge in [0.1, 0.15) is 0 Å². The molecule has 3 nitrogen and oxygen atoms in total. The van der Waals surface area contributed by atoms with Crippen LogP contribution in [0.5, 0.6) is 0 Å². The molecule has 3 rings (SSSR count). The molecule has 0 bridgehead atoms. The van der Waals surface area contributed by atoms with E-state index in [9.17, 15) is 13.6 Å². The molecule has 2 N–H and O–H groups in total. The topological polar surface area (TPSA) is 41.1 Å². The maximum absolute atomic E-state index is 13.1. The molecule has 1 atom stereocenters. The molecule has 1 unspecified atom stereocenters. The van der Waals surface area contributed by atoms with E-state index in [0.29, 0.717) is 30.1 Å². The van der Waals surface area contributed by atoms with Gasteiger partial charge in [0, 0.05) is 29.3 Å². The van der Waals surface area contributed by atoms with Crippen molar-refractivity contribution in [3.63, 3.8) is 0 Å². The third-order valence-corrected chi connectivity index (χ3v) is 7.75. The van der Waals surface area contributed by atoms with Gasteiger partial charge >= 0.3 is 6.03 Å². The predicted octanol–water partition coefficient (Wildman–Crippen LogP) is 9.53. The van der Waals surface area contributed by atoms with Crippen LogP contribution in [0.3, 0.4) is 0 Å². The van der Waals surface area contributed by atoms with Crippen molar-refractivity contribution in [3.05, 3.63) is 63.5 Å². The Labute approximate surface area is 216 Å². The Morgan fingerprint density at radius 3 is 2.20 bits per heavy atom. The van der Waals surface area contributed by atoms with Gasteiger partial charge in [-0.15, -0.1) is 11.3 Å². The fraction of sp³-hybridized carbons (Fsp3) is 0.464. The number of para-hydroxylation sites is 1. The number of carbonyl (C=O) groups is 1. The largest absolute Gasteiger partial charge is 0.337 e. The number of nitrogens with one attached hydrogen (secondary N) is 2. The van der Waals surface area contributed by atoms with Gasteiger partial charge in [-0.25, -0.2) is 13.6 Å². The Kier molecular flexibility index (Phi) is 9.93. The molecule has 1 heterocycles. The molecule has 2 aromatic carbocycles. The predicted molar refractivity (Wildman–Crippen MR) is 146 cm³/mol. The third-order valence-electron chi connectivity index (χ3n) is 6.34. The van der Waals surface area contributed by atoms with Crippen molar-refractivity contribution >= 4 is 44.7 Å². The van der Waals surface area contributed by atoms with Crippen LogP contribution in [0.4, 0.5) is 19.3 Å². The molecule has 3 aromatic rings. The standard InChI is InChI=1S/C28H35ClF2N2OS/c1-17(2)20-12-9-13-21(18(3)4)26(20)33-28(34)32-16-19(10-5-8-15-24(30)31)25-22-11-6-7-14-23(22)35-27(25)29/h6-7,9,11-14,17-19,24H,5,8,10,15-16H2,1-4H3,(H2,32,33,34). The molecule has 35 heavy (non-hydrogen) atoms. The number of amides is 2. The van der Waals surface area contributed by atoms with Crippen LogP contribution in [0, 0.1) is 0 Å². The van der Waals surface area contributed by atoms with Crippen LogP contribution in [-0.2, 0) is 0 Å². The molecule has 0 aliphatic carbocycles. The second-order valence-electron chi connectivity index (χ2n) is 9.61. The summed E-state index contributed by atoms with van der Waals surface area (Å²) in [6.45, 7) is 8.83. The molecular formula is C28H35ClF2N2OS. The van der Waals surface area contributed by atoms with Crippen molar-refractivity contribution in [1.82, 2.24) is 5.32 Å². The van der Waals surface area contributed by atoms with E-state index in [0.717, 1.165) is 32.5 Å². The fourth-order valence-electron chi connectivity index (χ4n) is 4.52. The molecule has 190 valence electrons. The zero-order valence-corrected chi connectivity index (χ0v) is 22.4. The lowest BCUT2D eigenvalue weighted by molar-refractivity contribution is 0.133. The summed E-state index contributed by atoms with van der Waals surface area (Å²) in [5.74, 6) is 0.470. The van der Waals surface area contributed by atoms with Crippen LogP contribution >= 0.6 is 22.9 Å². The summed E-state index contributed by atoms with van der Waals surface area (Å²) in [7, 11) is 0. The minimum Gasteiger partial charge on any atom is -0.337 e. The first-order valence-electron chi connectivity index (χ1n) is 12.3. The Morgan fingerprint density at radius 2 is 1.57 bits per heavy atom. The van der Waals surface area contributed by atoms with E-state index in [2.05, 4.69) is 50.5 Å². The number of anilines is 1. The molecule has 0 aliphatic rings. The lowest BCUT2D eigenvalue weighted by Crippen LogP contribution is -2.33. The molecule has 0 saturated heterocycles. The highest BCUT2D eigenvalue weighted by atomic mass is 35.5. The van der Waals surface area contributed by atoms with Crippen molar-refractivity contribution in [3.8, 4) is 0 Å². The number of halogens is 3. The Hall–Kier alpha value is -2.18. The smallest absolute Gasteiger partial charge is 0.319 e. The maximum atomic E-state index is 13.1. The van der Waals surface area contributed by atoms with Crippen molar-refractivity contribution in [2.24, 2.45) is 0 Å². The quantitative estimate of drug-likeness (QED) is 0.243. The van der Waals surface area contributed by atoms with E-state index < -0.39 is 6.43 Å². The van der Waals surface area contributed by atoms with E-state index in [1.165, 1.54) is 11.3 Å². The van der Waals surface area contributed by atoms with Crippen LogP contribution in [0.15, 0.2) is 42.5 Å². The summed E-state index contributed by atoms with van der Waals surface area (Å²) < 4.78 is 27.1. The normalized spacial score (nSPS) is 12.6. The molecule has 0 radical (unpaired) electrons. The highest BCUT2D eigenvalue weighted by Gasteiger charge is 2.22. The van der Waals surface area contributed by atoms with Crippen molar-refractivity contribution < 1.29 is 13.6 Å². The number of fused-ring (bicyclic) bond motifs is 1. The zero-order chi connectivity index (χ0) is 25.5. The minimum absolute atomic E-state index is 0.0630. The number of urea groups is 1. The number of thiophene rings is 1. The number of benzene rings is 2. The molecule has 0 aliphatic heterocycles. The lowest BCUT2D eigenvalue weighted by atomic mass is 9.92. The second kappa shape index (κ2) is 12.7. The van der Waals surface area contributed by atoms with Gasteiger partial charge in [-0.2, -0.15) is 0 Å². The number of alkyl halides is 2. The van der Waals surface area contributed by atoms with Crippen molar-refractivity contribution in [1.29, 1.82) is 0 Å². The van der Waals surface area contributed by atoms with Gasteiger partial charge in [-0.1, -0.05) is 82.1 Å². The first-order chi connectivity index (χ1) is 16.7. The van der Waals surface area contributed by atoms with Gasteiger partial charge in [0.15, 0.2) is 0 Å². The summed E-state index contributed by atoms with van der Waals surface area (Å²) in [6.07, 6.45) is -0.638. The van der Waals surface area contributed by atoms with E-state index in [1.807, 2.05) is 30.3 Å². The minimum atomic E-state index is -2.29. The Morgan fingerprint density at radius 1 is 0.943 bits per heavy atom. The Balaban J connectivity index is 1.79. The maximum Gasteiger partial charge on any atom is 0.319 e.